The first-order valence-electron chi connectivity index (χ1n) is 5.27. The van der Waals surface area contributed by atoms with Crippen LogP contribution in [0, 0.1) is 11.3 Å². The van der Waals surface area contributed by atoms with Gasteiger partial charge in [0.1, 0.15) is 11.4 Å². The van der Waals surface area contributed by atoms with Crippen LogP contribution in [-0.2, 0) is 6.18 Å². The van der Waals surface area contributed by atoms with Crippen LogP contribution in [0.1, 0.15) is 11.3 Å². The Bertz CT molecular complexity index is 690. The molecular weight excluding hydrogens is 273 g/mol. The predicted octanol–water partition coefficient (Wildman–Crippen LogP) is 2.32. The predicted molar refractivity (Wildman–Crippen MR) is 63.3 cm³/mol. The topological polar surface area (TPSA) is 95.8 Å². The van der Waals surface area contributed by atoms with Gasteiger partial charge in [-0.25, -0.2) is 0 Å². The van der Waals surface area contributed by atoms with E-state index in [1.807, 2.05) is 6.07 Å². The Morgan fingerprint density at radius 3 is 2.25 bits per heavy atom. The van der Waals surface area contributed by atoms with Crippen LogP contribution in [0.3, 0.4) is 0 Å². The first kappa shape index (κ1) is 13.6. The van der Waals surface area contributed by atoms with Crippen LogP contribution in [0.25, 0.3) is 11.3 Å². The van der Waals surface area contributed by atoms with Crippen molar-refractivity contribution in [1.82, 2.24) is 10.2 Å². The highest BCUT2D eigenvalue weighted by atomic mass is 19.4. The summed E-state index contributed by atoms with van der Waals surface area (Å²) >= 11 is 0. The number of hydrogen-bond donors (Lipinski definition) is 2. The number of nitriles is 1. The summed E-state index contributed by atoms with van der Waals surface area (Å²) in [5, 5.41) is 24.7. The minimum absolute atomic E-state index is 0.181. The van der Waals surface area contributed by atoms with Crippen LogP contribution in [0.4, 0.5) is 18.9 Å². The number of alkyl halides is 3. The van der Waals surface area contributed by atoms with Crippen molar-refractivity contribution in [2.45, 2.75) is 6.18 Å². The molecule has 0 unspecified atom stereocenters. The van der Waals surface area contributed by atoms with Crippen molar-refractivity contribution in [3.8, 4) is 23.1 Å². The Morgan fingerprint density at radius 2 is 1.75 bits per heavy atom. The van der Waals surface area contributed by atoms with E-state index in [2.05, 4.69) is 10.2 Å². The summed E-state index contributed by atoms with van der Waals surface area (Å²) in [6, 6.07) is 7.61. The zero-order valence-electron chi connectivity index (χ0n) is 9.81. The van der Waals surface area contributed by atoms with Gasteiger partial charge in [-0.1, -0.05) is 12.1 Å². The molecular formula is C12H7F3N4O. The van der Waals surface area contributed by atoms with Gasteiger partial charge in [-0.2, -0.15) is 18.4 Å². The minimum Gasteiger partial charge on any atom is -0.504 e. The van der Waals surface area contributed by atoms with Gasteiger partial charge in [0.05, 0.1) is 11.6 Å². The Balaban J connectivity index is 2.54. The number of benzene rings is 1. The van der Waals surface area contributed by atoms with Crippen molar-refractivity contribution in [3.05, 3.63) is 35.5 Å². The van der Waals surface area contributed by atoms with Crippen LogP contribution < -0.4 is 5.73 Å². The number of aromatic nitrogens is 2. The Hall–Kier alpha value is -2.82. The number of nitrogen functional groups attached to an aromatic ring is 1. The third kappa shape index (κ3) is 2.33. The molecule has 20 heavy (non-hydrogen) atoms. The first-order chi connectivity index (χ1) is 9.34. The Kier molecular flexibility index (Phi) is 3.19. The molecule has 0 aliphatic heterocycles. The summed E-state index contributed by atoms with van der Waals surface area (Å²) in [4.78, 5) is 0. The summed E-state index contributed by atoms with van der Waals surface area (Å²) in [5.41, 5.74) is 3.40. The monoisotopic (exact) mass is 280 g/mol. The number of hydrogen-bond acceptors (Lipinski definition) is 5. The van der Waals surface area contributed by atoms with Gasteiger partial charge in [-0.15, -0.1) is 10.2 Å². The second-order valence-electron chi connectivity index (χ2n) is 3.85. The molecule has 0 atom stereocenters. The molecule has 2 aromatic rings. The maximum atomic E-state index is 12.5. The second-order valence-corrected chi connectivity index (χ2v) is 3.85. The zero-order chi connectivity index (χ0) is 14.9. The zero-order valence-corrected chi connectivity index (χ0v) is 9.81. The fourth-order valence-electron chi connectivity index (χ4n) is 1.55. The van der Waals surface area contributed by atoms with E-state index in [0.717, 1.165) is 0 Å². The summed E-state index contributed by atoms with van der Waals surface area (Å²) in [6.07, 6.45) is -4.79. The molecule has 0 fully saturated rings. The molecule has 102 valence electrons. The van der Waals surface area contributed by atoms with Gasteiger partial charge in [0.2, 0.25) is 0 Å². The highest BCUT2D eigenvalue weighted by Gasteiger charge is 2.37. The van der Waals surface area contributed by atoms with E-state index in [0.29, 0.717) is 11.1 Å². The van der Waals surface area contributed by atoms with Crippen LogP contribution in [0.5, 0.6) is 5.75 Å². The van der Waals surface area contributed by atoms with Crippen molar-refractivity contribution in [2.24, 2.45) is 0 Å². The summed E-state index contributed by atoms with van der Waals surface area (Å²) in [6.45, 7) is 0. The molecule has 0 aliphatic carbocycles. The number of aromatic hydroxyl groups is 1. The quantitative estimate of drug-likeness (QED) is 0.835. The molecule has 1 aromatic heterocycles. The molecule has 0 aliphatic rings. The van der Waals surface area contributed by atoms with Gasteiger partial charge >= 0.3 is 6.18 Å². The average molecular weight is 280 g/mol. The summed E-state index contributed by atoms with van der Waals surface area (Å²) < 4.78 is 37.6. The number of nitrogens with zero attached hydrogens (tertiary/aromatic N) is 3. The van der Waals surface area contributed by atoms with E-state index in [4.69, 9.17) is 11.0 Å². The van der Waals surface area contributed by atoms with Gasteiger partial charge in [0, 0.05) is 5.56 Å². The van der Waals surface area contributed by atoms with E-state index < -0.39 is 23.3 Å². The van der Waals surface area contributed by atoms with Crippen molar-refractivity contribution in [1.29, 1.82) is 5.26 Å². The lowest BCUT2D eigenvalue weighted by Gasteiger charge is -2.11. The van der Waals surface area contributed by atoms with Crippen molar-refractivity contribution < 1.29 is 18.3 Å². The molecule has 5 nitrogen and oxygen atoms in total. The van der Waals surface area contributed by atoms with E-state index in [1.54, 1.807) is 0 Å². The highest BCUT2D eigenvalue weighted by molar-refractivity contribution is 5.74. The van der Waals surface area contributed by atoms with Crippen LogP contribution in [0.2, 0.25) is 0 Å². The average Bonchev–Trinajstić information content (AvgIpc) is 2.40. The fraction of sp³-hybridized carbons (Fsp3) is 0.0833. The standard InChI is InChI=1S/C12H7F3N4O/c13-12(14,15)11-8(17)10(20)9(18-19-11)7-3-1-6(5-16)2-4-7/h1-4H,(H2,17,18)(H,19,20). The van der Waals surface area contributed by atoms with Crippen molar-refractivity contribution in [2.75, 3.05) is 5.73 Å². The van der Waals surface area contributed by atoms with Gasteiger partial charge in [0.25, 0.3) is 0 Å². The maximum absolute atomic E-state index is 12.5. The van der Waals surface area contributed by atoms with Gasteiger partial charge in [0.15, 0.2) is 11.4 Å². The third-order valence-corrected chi connectivity index (χ3v) is 2.54. The summed E-state index contributed by atoms with van der Waals surface area (Å²) in [5.74, 6) is -0.794. The molecule has 3 N–H and O–H groups in total. The third-order valence-electron chi connectivity index (χ3n) is 2.54. The van der Waals surface area contributed by atoms with Gasteiger partial charge in [-0.3, -0.25) is 0 Å². The molecule has 1 heterocycles. The van der Waals surface area contributed by atoms with Crippen molar-refractivity contribution in [3.63, 3.8) is 0 Å². The molecule has 0 radical (unpaired) electrons. The minimum atomic E-state index is -4.79. The largest absolute Gasteiger partial charge is 0.504 e. The normalized spacial score (nSPS) is 11.1. The molecule has 0 saturated carbocycles. The smallest absolute Gasteiger partial charge is 0.437 e. The number of nitrogens with two attached hydrogens (primary N) is 1. The van der Waals surface area contributed by atoms with E-state index in [-0.39, 0.29) is 5.69 Å². The number of anilines is 1. The van der Waals surface area contributed by atoms with E-state index in [9.17, 15) is 18.3 Å². The number of rotatable bonds is 1. The first-order valence-corrected chi connectivity index (χ1v) is 5.27. The Morgan fingerprint density at radius 1 is 1.15 bits per heavy atom. The van der Waals surface area contributed by atoms with Gasteiger partial charge < -0.3 is 10.8 Å². The van der Waals surface area contributed by atoms with Crippen LogP contribution in [-0.4, -0.2) is 15.3 Å². The van der Waals surface area contributed by atoms with Crippen molar-refractivity contribution >= 4 is 5.69 Å². The van der Waals surface area contributed by atoms with Crippen LogP contribution >= 0.6 is 0 Å². The van der Waals surface area contributed by atoms with Gasteiger partial charge in [-0.05, 0) is 12.1 Å². The molecule has 0 amide bonds. The molecule has 2 rings (SSSR count). The summed E-state index contributed by atoms with van der Waals surface area (Å²) in [7, 11) is 0. The number of halogens is 3. The fourth-order valence-corrected chi connectivity index (χ4v) is 1.55. The molecule has 0 spiro atoms. The highest BCUT2D eigenvalue weighted by Crippen LogP contribution is 2.39. The molecule has 0 bridgehead atoms. The molecule has 0 saturated heterocycles. The second kappa shape index (κ2) is 4.70. The van der Waals surface area contributed by atoms with Crippen LogP contribution in [0.15, 0.2) is 24.3 Å². The lowest BCUT2D eigenvalue weighted by molar-refractivity contribution is -0.141. The Labute approximate surface area is 111 Å². The lowest BCUT2D eigenvalue weighted by Crippen LogP contribution is -2.13. The molecule has 1 aromatic carbocycles. The molecule has 8 heteroatoms. The lowest BCUT2D eigenvalue weighted by atomic mass is 10.1. The maximum Gasteiger partial charge on any atom is 0.437 e. The van der Waals surface area contributed by atoms with E-state index >= 15 is 0 Å². The van der Waals surface area contributed by atoms with E-state index in [1.165, 1.54) is 24.3 Å². The SMILES string of the molecule is N#Cc1ccc(-c2nnc(C(F)(F)F)c(N)c2O)cc1.